The predicted molar refractivity (Wildman–Crippen MR) is 67.5 cm³/mol. The first-order valence-electron chi connectivity index (χ1n) is 7.01. The molecule has 1 aliphatic carbocycles. The van der Waals surface area contributed by atoms with E-state index >= 15 is 0 Å². The van der Waals surface area contributed by atoms with Crippen molar-refractivity contribution in [3.8, 4) is 0 Å². The lowest BCUT2D eigenvalue weighted by Crippen LogP contribution is -2.49. The van der Waals surface area contributed by atoms with Gasteiger partial charge in [-0.15, -0.1) is 0 Å². The molecular weight excluding hydrogens is 198 g/mol. The maximum absolute atomic E-state index is 10.2. The molecule has 2 atom stereocenters. The van der Waals surface area contributed by atoms with Crippen LogP contribution in [0.2, 0.25) is 0 Å². The molecule has 0 aromatic heterocycles. The summed E-state index contributed by atoms with van der Waals surface area (Å²) < 4.78 is 0. The smallest absolute Gasteiger partial charge is 0.0695 e. The van der Waals surface area contributed by atoms with Crippen LogP contribution in [0.3, 0.4) is 0 Å². The van der Waals surface area contributed by atoms with Gasteiger partial charge in [0.2, 0.25) is 0 Å². The number of aliphatic hydroxyl groups is 1. The Morgan fingerprint density at radius 1 is 1.06 bits per heavy atom. The summed E-state index contributed by atoms with van der Waals surface area (Å²) in [6.07, 6.45) is 8.67. The molecule has 0 spiro atoms. The molecule has 0 aromatic carbocycles. The van der Waals surface area contributed by atoms with Crippen LogP contribution in [0.25, 0.3) is 0 Å². The molecule has 2 heteroatoms. The Morgan fingerprint density at radius 3 is 2.31 bits per heavy atom. The van der Waals surface area contributed by atoms with Crippen molar-refractivity contribution in [1.82, 2.24) is 4.90 Å². The van der Waals surface area contributed by atoms with Gasteiger partial charge in [-0.05, 0) is 50.6 Å². The molecule has 2 rings (SSSR count). The largest absolute Gasteiger partial charge is 0.391 e. The molecule has 0 radical (unpaired) electrons. The van der Waals surface area contributed by atoms with Gasteiger partial charge in [-0.2, -0.15) is 0 Å². The van der Waals surface area contributed by atoms with Crippen LogP contribution in [0.1, 0.15) is 58.8 Å². The van der Waals surface area contributed by atoms with Crippen LogP contribution >= 0.6 is 0 Å². The van der Waals surface area contributed by atoms with Crippen molar-refractivity contribution >= 4 is 0 Å². The Labute approximate surface area is 100 Å². The normalized spacial score (nSPS) is 36.9. The Hall–Kier alpha value is -0.0800. The maximum Gasteiger partial charge on any atom is 0.0695 e. The van der Waals surface area contributed by atoms with E-state index in [1.807, 2.05) is 0 Å². The fraction of sp³-hybridized carbons (Fsp3) is 1.00. The Morgan fingerprint density at radius 2 is 1.69 bits per heavy atom. The summed E-state index contributed by atoms with van der Waals surface area (Å²) in [6.45, 7) is 7.11. The summed E-state index contributed by atoms with van der Waals surface area (Å²) in [5.41, 5.74) is 0.427. The molecule has 0 aromatic rings. The second-order valence-electron chi connectivity index (χ2n) is 6.49. The van der Waals surface area contributed by atoms with E-state index in [1.165, 1.54) is 51.6 Å². The molecule has 94 valence electrons. The van der Waals surface area contributed by atoms with E-state index in [0.29, 0.717) is 11.5 Å². The number of hydrogen-bond acceptors (Lipinski definition) is 2. The lowest BCUT2D eigenvalue weighted by atomic mass is 9.73. The predicted octanol–water partition coefficient (Wildman–Crippen LogP) is 2.80. The van der Waals surface area contributed by atoms with Crippen molar-refractivity contribution in [3.63, 3.8) is 0 Å². The Bertz CT molecular complexity index is 219. The van der Waals surface area contributed by atoms with E-state index in [0.717, 1.165) is 6.42 Å². The molecule has 16 heavy (non-hydrogen) atoms. The summed E-state index contributed by atoms with van der Waals surface area (Å²) in [5, 5.41) is 10.2. The number of aliphatic hydroxyl groups excluding tert-OH is 1. The summed E-state index contributed by atoms with van der Waals surface area (Å²) in [7, 11) is 0. The van der Waals surface area contributed by atoms with E-state index in [-0.39, 0.29) is 6.10 Å². The molecule has 1 heterocycles. The van der Waals surface area contributed by atoms with Crippen molar-refractivity contribution < 1.29 is 5.11 Å². The topological polar surface area (TPSA) is 23.5 Å². The Kier molecular flexibility index (Phi) is 3.91. The lowest BCUT2D eigenvalue weighted by molar-refractivity contribution is -0.0160. The summed E-state index contributed by atoms with van der Waals surface area (Å²) >= 11 is 0. The van der Waals surface area contributed by atoms with Gasteiger partial charge in [0.15, 0.2) is 0 Å². The zero-order chi connectivity index (χ0) is 11.6. The van der Waals surface area contributed by atoms with Gasteiger partial charge in [0.1, 0.15) is 0 Å². The molecule has 2 unspecified atom stereocenters. The molecule has 1 N–H and O–H groups in total. The molecule has 1 saturated carbocycles. The maximum atomic E-state index is 10.2. The first kappa shape index (κ1) is 12.4. The quantitative estimate of drug-likeness (QED) is 0.742. The van der Waals surface area contributed by atoms with E-state index < -0.39 is 0 Å². The van der Waals surface area contributed by atoms with Gasteiger partial charge >= 0.3 is 0 Å². The van der Waals surface area contributed by atoms with Gasteiger partial charge in [0, 0.05) is 6.04 Å². The summed E-state index contributed by atoms with van der Waals surface area (Å²) in [6, 6.07) is 0.432. The highest BCUT2D eigenvalue weighted by molar-refractivity contribution is 4.91. The van der Waals surface area contributed by atoms with Crippen molar-refractivity contribution in [1.29, 1.82) is 0 Å². The van der Waals surface area contributed by atoms with Gasteiger partial charge in [-0.25, -0.2) is 0 Å². The standard InChI is InChI=1S/C14H27NO/c1-14(2)8-7-13(16)12(11-14)15-9-5-3-4-6-10-15/h12-13,16H,3-11H2,1-2H3. The number of rotatable bonds is 1. The van der Waals surface area contributed by atoms with Crippen LogP contribution in [0.15, 0.2) is 0 Å². The fourth-order valence-corrected chi connectivity index (χ4v) is 3.33. The van der Waals surface area contributed by atoms with Crippen LogP contribution in [0.4, 0.5) is 0 Å². The van der Waals surface area contributed by atoms with E-state index in [9.17, 15) is 5.11 Å². The fourth-order valence-electron chi connectivity index (χ4n) is 3.33. The molecule has 2 aliphatic rings. The van der Waals surface area contributed by atoms with Gasteiger partial charge in [-0.1, -0.05) is 26.7 Å². The molecular formula is C14H27NO. The van der Waals surface area contributed by atoms with E-state index in [1.54, 1.807) is 0 Å². The van der Waals surface area contributed by atoms with Crippen molar-refractivity contribution in [2.75, 3.05) is 13.1 Å². The Balaban J connectivity index is 1.99. The first-order chi connectivity index (χ1) is 7.58. The third-order valence-corrected chi connectivity index (χ3v) is 4.43. The number of nitrogens with zero attached hydrogens (tertiary/aromatic N) is 1. The molecule has 2 nitrogen and oxygen atoms in total. The van der Waals surface area contributed by atoms with Gasteiger partial charge in [-0.3, -0.25) is 4.90 Å². The SMILES string of the molecule is CC1(C)CCC(O)C(N2CCCCCC2)C1. The van der Waals surface area contributed by atoms with Crippen molar-refractivity contribution in [3.05, 3.63) is 0 Å². The minimum Gasteiger partial charge on any atom is -0.391 e. The number of likely N-dealkylation sites (tertiary alicyclic amines) is 1. The van der Waals surface area contributed by atoms with Crippen LogP contribution < -0.4 is 0 Å². The third-order valence-electron chi connectivity index (χ3n) is 4.43. The van der Waals surface area contributed by atoms with Gasteiger partial charge in [0.25, 0.3) is 0 Å². The van der Waals surface area contributed by atoms with Crippen LogP contribution in [-0.4, -0.2) is 35.2 Å². The average Bonchev–Trinajstić information content (AvgIpc) is 2.50. The van der Waals surface area contributed by atoms with Gasteiger partial charge in [0.05, 0.1) is 6.10 Å². The second kappa shape index (κ2) is 5.05. The van der Waals surface area contributed by atoms with Gasteiger partial charge < -0.3 is 5.11 Å². The molecule has 1 aliphatic heterocycles. The molecule has 0 amide bonds. The minimum absolute atomic E-state index is 0.0777. The molecule has 0 bridgehead atoms. The highest BCUT2D eigenvalue weighted by Crippen LogP contribution is 2.38. The highest BCUT2D eigenvalue weighted by atomic mass is 16.3. The third kappa shape index (κ3) is 2.98. The van der Waals surface area contributed by atoms with Crippen LogP contribution in [0.5, 0.6) is 0 Å². The van der Waals surface area contributed by atoms with Crippen LogP contribution in [-0.2, 0) is 0 Å². The zero-order valence-corrected chi connectivity index (χ0v) is 10.9. The lowest BCUT2D eigenvalue weighted by Gasteiger charge is -2.44. The van der Waals surface area contributed by atoms with Crippen molar-refractivity contribution in [2.24, 2.45) is 5.41 Å². The second-order valence-corrected chi connectivity index (χ2v) is 6.49. The number of hydrogen-bond donors (Lipinski definition) is 1. The van der Waals surface area contributed by atoms with E-state index in [2.05, 4.69) is 18.7 Å². The summed E-state index contributed by atoms with van der Waals surface area (Å²) in [5.74, 6) is 0. The first-order valence-corrected chi connectivity index (χ1v) is 7.01. The minimum atomic E-state index is -0.0777. The van der Waals surface area contributed by atoms with Crippen LogP contribution in [0, 0.1) is 5.41 Å². The molecule has 2 fully saturated rings. The van der Waals surface area contributed by atoms with Crippen molar-refractivity contribution in [2.45, 2.75) is 70.9 Å². The molecule has 1 saturated heterocycles. The average molecular weight is 225 g/mol. The monoisotopic (exact) mass is 225 g/mol. The summed E-state index contributed by atoms with van der Waals surface area (Å²) in [4.78, 5) is 2.57. The zero-order valence-electron chi connectivity index (χ0n) is 10.9. The van der Waals surface area contributed by atoms with E-state index in [4.69, 9.17) is 0 Å². The highest BCUT2D eigenvalue weighted by Gasteiger charge is 2.36.